The van der Waals surface area contributed by atoms with Gasteiger partial charge in [0, 0.05) is 44.3 Å². The number of ether oxygens (including phenoxy) is 3. The molecule has 3 aromatic rings. The van der Waals surface area contributed by atoms with E-state index in [1.165, 1.54) is 6.20 Å². The number of aryl methyl sites for hydroxylation is 2. The van der Waals surface area contributed by atoms with E-state index in [9.17, 15) is 4.79 Å². The van der Waals surface area contributed by atoms with E-state index in [2.05, 4.69) is 32.0 Å². The fourth-order valence-electron chi connectivity index (χ4n) is 5.47. The van der Waals surface area contributed by atoms with E-state index in [1.807, 2.05) is 6.92 Å². The molecule has 200 valence electrons. The smallest absolute Gasteiger partial charge is 0.316 e. The van der Waals surface area contributed by atoms with E-state index in [1.54, 1.807) is 24.0 Å². The number of nitrogens with zero attached hydrogens (tertiary/aromatic N) is 5. The maximum absolute atomic E-state index is 12.4. The first-order valence-corrected chi connectivity index (χ1v) is 12.5. The first-order chi connectivity index (χ1) is 17.0. The molecule has 3 fully saturated rings. The first kappa shape index (κ1) is 26.9. The summed E-state index contributed by atoms with van der Waals surface area (Å²) in [5.74, 6) is 0.718. The molecule has 2 aromatic heterocycles. The van der Waals surface area contributed by atoms with Gasteiger partial charge in [-0.1, -0.05) is 14.9 Å². The van der Waals surface area contributed by atoms with Crippen LogP contribution >= 0.6 is 0 Å². The molecule has 1 aromatic carbocycles. The van der Waals surface area contributed by atoms with Crippen LogP contribution in [0.1, 0.15) is 58.9 Å². The summed E-state index contributed by atoms with van der Waals surface area (Å²) >= 11 is 0. The van der Waals surface area contributed by atoms with Gasteiger partial charge in [0.1, 0.15) is 17.4 Å². The van der Waals surface area contributed by atoms with Crippen molar-refractivity contribution in [2.24, 2.45) is 7.05 Å². The maximum atomic E-state index is 12.4. The Labute approximate surface area is 218 Å². The fourth-order valence-corrected chi connectivity index (χ4v) is 5.47. The van der Waals surface area contributed by atoms with Crippen LogP contribution < -0.4 is 19.9 Å². The molecule has 4 heterocycles. The molecular weight excluding hydrogens is 470 g/mol. The Kier molecular flexibility index (Phi) is 8.02. The number of benzene rings is 1. The minimum atomic E-state index is -0.144. The summed E-state index contributed by atoms with van der Waals surface area (Å²) in [6.07, 6.45) is 11.3. The van der Waals surface area contributed by atoms with Gasteiger partial charge in [-0.15, -0.1) is 0 Å². The fraction of sp³-hybridized carbons (Fsp3) is 0.571. The molecule has 2 atom stereocenters. The van der Waals surface area contributed by atoms with Gasteiger partial charge < -0.3 is 23.7 Å². The summed E-state index contributed by atoms with van der Waals surface area (Å²) < 4.78 is 20.2. The molecule has 37 heavy (non-hydrogen) atoms. The monoisotopic (exact) mass is 509 g/mol. The van der Waals surface area contributed by atoms with Crippen molar-refractivity contribution in [3.63, 3.8) is 0 Å². The van der Waals surface area contributed by atoms with Crippen molar-refractivity contribution in [2.45, 2.75) is 84.7 Å². The van der Waals surface area contributed by atoms with Crippen LogP contribution in [-0.2, 0) is 11.8 Å². The lowest BCUT2D eigenvalue weighted by Gasteiger charge is -2.34. The number of fused-ring (bicyclic) bond motifs is 3. The summed E-state index contributed by atoms with van der Waals surface area (Å²) in [7, 11) is 1.78. The van der Waals surface area contributed by atoms with Crippen LogP contribution in [0.2, 0.25) is 0 Å². The van der Waals surface area contributed by atoms with Gasteiger partial charge in [-0.2, -0.15) is 0 Å². The molecular formula is C28H39N5O4. The quantitative estimate of drug-likeness (QED) is 0.499. The molecule has 2 saturated heterocycles. The molecule has 0 spiro atoms. The third kappa shape index (κ3) is 5.56. The van der Waals surface area contributed by atoms with Crippen LogP contribution in [0.5, 0.6) is 11.8 Å². The second-order valence-corrected chi connectivity index (χ2v) is 10.0. The summed E-state index contributed by atoms with van der Waals surface area (Å²) in [5, 5.41) is 0. The van der Waals surface area contributed by atoms with Gasteiger partial charge in [-0.05, 0) is 57.1 Å². The van der Waals surface area contributed by atoms with E-state index in [-0.39, 0.29) is 44.8 Å². The number of morpholine rings is 1. The maximum Gasteiger partial charge on any atom is 0.316 e. The zero-order chi connectivity index (χ0) is 23.9. The minimum absolute atomic E-state index is 0. The molecule has 1 aliphatic carbocycles. The highest BCUT2D eigenvalue weighted by Gasteiger charge is 2.34. The van der Waals surface area contributed by atoms with Crippen molar-refractivity contribution in [3.05, 3.63) is 46.6 Å². The molecule has 9 nitrogen and oxygen atoms in total. The van der Waals surface area contributed by atoms with Crippen LogP contribution in [0, 0.1) is 6.92 Å². The van der Waals surface area contributed by atoms with E-state index < -0.39 is 0 Å². The van der Waals surface area contributed by atoms with E-state index in [0.29, 0.717) is 6.01 Å². The zero-order valence-electron chi connectivity index (χ0n) is 20.2. The number of rotatable bonds is 5. The molecule has 0 amide bonds. The summed E-state index contributed by atoms with van der Waals surface area (Å²) in [6.45, 7) is 3.70. The molecule has 6 rings (SSSR count). The van der Waals surface area contributed by atoms with Crippen LogP contribution in [0.4, 0.5) is 5.69 Å². The second-order valence-electron chi connectivity index (χ2n) is 10.0. The van der Waals surface area contributed by atoms with Gasteiger partial charge in [-0.25, -0.2) is 15.0 Å². The minimum Gasteiger partial charge on any atom is -0.488 e. The Morgan fingerprint density at radius 2 is 1.49 bits per heavy atom. The van der Waals surface area contributed by atoms with Crippen molar-refractivity contribution in [3.8, 4) is 11.8 Å². The Bertz CT molecular complexity index is 1260. The molecule has 2 bridgehead atoms. The average molecular weight is 510 g/mol. The highest BCUT2D eigenvalue weighted by atomic mass is 16.5. The van der Waals surface area contributed by atoms with Crippen LogP contribution in [0.25, 0.3) is 11.0 Å². The Morgan fingerprint density at radius 3 is 2.14 bits per heavy atom. The third-order valence-corrected chi connectivity index (χ3v) is 7.37. The number of hydrogen-bond donors (Lipinski definition) is 0. The highest BCUT2D eigenvalue weighted by molar-refractivity contribution is 5.86. The summed E-state index contributed by atoms with van der Waals surface area (Å²) in [5.41, 5.74) is 3.45. The number of aromatic nitrogens is 4. The average Bonchev–Trinajstić information content (AvgIpc) is 3.21. The zero-order valence-corrected chi connectivity index (χ0v) is 20.2. The third-order valence-electron chi connectivity index (χ3n) is 7.37. The molecule has 9 heteroatoms. The summed E-state index contributed by atoms with van der Waals surface area (Å²) in [4.78, 5) is 27.7. The predicted molar refractivity (Wildman–Crippen MR) is 145 cm³/mol. The van der Waals surface area contributed by atoms with Crippen molar-refractivity contribution in [1.82, 2.24) is 19.5 Å². The largest absolute Gasteiger partial charge is 0.488 e. The van der Waals surface area contributed by atoms with Gasteiger partial charge in [0.05, 0.1) is 30.0 Å². The molecule has 1 saturated carbocycles. The van der Waals surface area contributed by atoms with Gasteiger partial charge in [-0.3, -0.25) is 4.79 Å². The molecule has 2 aliphatic heterocycles. The molecule has 2 unspecified atom stereocenters. The Morgan fingerprint density at radius 1 is 0.865 bits per heavy atom. The van der Waals surface area contributed by atoms with Crippen molar-refractivity contribution in [2.75, 3.05) is 18.0 Å². The SMILES string of the molecule is C.C.Cc1cnc(OC2CCC(Oc3cc(N4CC5CCC(C4)O5)cc4ncc(=O)n(C)c34)CC2)nc1. The van der Waals surface area contributed by atoms with Crippen molar-refractivity contribution in [1.29, 1.82) is 0 Å². The van der Waals surface area contributed by atoms with E-state index in [0.717, 1.165) is 79.6 Å². The molecule has 3 aliphatic rings. The van der Waals surface area contributed by atoms with Crippen LogP contribution in [0.3, 0.4) is 0 Å². The van der Waals surface area contributed by atoms with Gasteiger partial charge in [0.25, 0.3) is 5.56 Å². The number of anilines is 1. The van der Waals surface area contributed by atoms with Crippen LogP contribution in [0.15, 0.2) is 35.5 Å². The lowest BCUT2D eigenvalue weighted by atomic mass is 9.95. The lowest BCUT2D eigenvalue weighted by molar-refractivity contribution is 0.0304. The van der Waals surface area contributed by atoms with Gasteiger partial charge >= 0.3 is 6.01 Å². The van der Waals surface area contributed by atoms with Crippen molar-refractivity contribution < 1.29 is 14.2 Å². The van der Waals surface area contributed by atoms with Crippen molar-refractivity contribution >= 4 is 16.7 Å². The summed E-state index contributed by atoms with van der Waals surface area (Å²) in [6, 6.07) is 4.58. The second kappa shape index (κ2) is 11.0. The predicted octanol–water partition coefficient (Wildman–Crippen LogP) is 4.44. The van der Waals surface area contributed by atoms with Gasteiger partial charge in [0.2, 0.25) is 0 Å². The first-order valence-electron chi connectivity index (χ1n) is 12.5. The Hall–Kier alpha value is -3.20. The topological polar surface area (TPSA) is 91.6 Å². The standard InChI is InChI=1S/C26H31N5O4.2CH4/c1-16-11-28-26(29-12-16)35-19-5-3-18(4-6-19)34-23-10-17(31-14-20-7-8-21(15-31)33-20)9-22-25(23)30(2)24(32)13-27-22;;/h9-13,18-21H,3-8,14-15H2,1-2H3;2*1H4. The number of hydrogen-bond acceptors (Lipinski definition) is 8. The van der Waals surface area contributed by atoms with Crippen LogP contribution in [-0.4, -0.2) is 57.0 Å². The molecule has 0 N–H and O–H groups in total. The lowest BCUT2D eigenvalue weighted by Crippen LogP contribution is -2.42. The Balaban J connectivity index is 0.00000160. The van der Waals surface area contributed by atoms with E-state index >= 15 is 0 Å². The van der Waals surface area contributed by atoms with Gasteiger partial charge in [0.15, 0.2) is 0 Å². The van der Waals surface area contributed by atoms with E-state index in [4.69, 9.17) is 14.2 Å². The molecule has 0 radical (unpaired) electrons. The normalized spacial score (nSPS) is 24.8. The highest BCUT2D eigenvalue weighted by Crippen LogP contribution is 2.36.